The maximum absolute atomic E-state index is 12.6. The van der Waals surface area contributed by atoms with E-state index < -0.39 is 6.36 Å². The number of fused-ring (bicyclic) bond motifs is 1. The van der Waals surface area contributed by atoms with Gasteiger partial charge in [-0.2, -0.15) is 0 Å². The molecule has 0 fully saturated rings. The molecule has 0 amide bonds. The van der Waals surface area contributed by atoms with Gasteiger partial charge in [-0.25, -0.2) is 9.97 Å². The van der Waals surface area contributed by atoms with Crippen molar-refractivity contribution >= 4 is 11.6 Å². The van der Waals surface area contributed by atoms with Gasteiger partial charge in [0.1, 0.15) is 23.2 Å². The van der Waals surface area contributed by atoms with Gasteiger partial charge in [-0.05, 0) is 35.6 Å². The molecular weight excluding hydrogens is 409 g/mol. The Kier molecular flexibility index (Phi) is 6.93. The van der Waals surface area contributed by atoms with E-state index in [9.17, 15) is 18.3 Å². The average Bonchev–Trinajstić information content (AvgIpc) is 2.69. The molecule has 3 rings (SSSR count). The van der Waals surface area contributed by atoms with Crippen molar-refractivity contribution in [2.24, 2.45) is 5.92 Å². The smallest absolute Gasteiger partial charge is 0.406 e. The molecule has 0 spiro atoms. The highest BCUT2D eigenvalue weighted by atomic mass is 19.4. The van der Waals surface area contributed by atoms with Crippen LogP contribution in [0.5, 0.6) is 5.75 Å². The van der Waals surface area contributed by atoms with E-state index in [1.807, 2.05) is 38.7 Å². The minimum absolute atomic E-state index is 0.0207. The van der Waals surface area contributed by atoms with E-state index in [0.717, 1.165) is 11.1 Å². The van der Waals surface area contributed by atoms with Gasteiger partial charge < -0.3 is 20.1 Å². The molecule has 6 nitrogen and oxygen atoms in total. The number of nitrogens with one attached hydrogen (secondary N) is 1. The number of aromatic nitrogens is 2. The summed E-state index contributed by atoms with van der Waals surface area (Å²) in [6.45, 7) is 9.12. The Balaban J connectivity index is 1.88. The Hall–Kier alpha value is -2.55. The molecule has 0 aliphatic carbocycles. The molecule has 2 N–H and O–H groups in total. The van der Waals surface area contributed by atoms with E-state index in [2.05, 4.69) is 15.0 Å². The largest absolute Gasteiger partial charge is 0.573 e. The molecule has 2 aromatic rings. The second-order valence-corrected chi connectivity index (χ2v) is 8.45. The van der Waals surface area contributed by atoms with E-state index in [0.29, 0.717) is 37.0 Å². The molecule has 31 heavy (non-hydrogen) atoms. The standard InChI is InChI=1S/C22H29F3N4O2/c1-13(2)18(12-30)26-19-10-20(28-21(27-19)14(3)4)29-8-7-15-5-6-17(9-16(15)11-29)31-22(23,24)25/h5-6,9-10,13-14,18,30H,7-8,11-12H2,1-4H3,(H,26,27,28)/t18-/m0/s1. The van der Waals surface area contributed by atoms with Crippen molar-refractivity contribution in [3.8, 4) is 5.75 Å². The van der Waals surface area contributed by atoms with Crippen LogP contribution in [0.3, 0.4) is 0 Å². The Labute approximate surface area is 180 Å². The molecule has 1 aromatic carbocycles. The van der Waals surface area contributed by atoms with Crippen molar-refractivity contribution in [1.82, 2.24) is 9.97 Å². The van der Waals surface area contributed by atoms with Gasteiger partial charge >= 0.3 is 6.36 Å². The Morgan fingerprint density at radius 2 is 1.87 bits per heavy atom. The second kappa shape index (κ2) is 9.30. The summed E-state index contributed by atoms with van der Waals surface area (Å²) in [4.78, 5) is 11.3. The van der Waals surface area contributed by atoms with Gasteiger partial charge in [-0.15, -0.1) is 13.2 Å². The molecule has 9 heteroatoms. The van der Waals surface area contributed by atoms with Gasteiger partial charge in [0.05, 0.1) is 12.6 Å². The minimum atomic E-state index is -4.72. The molecule has 170 valence electrons. The fourth-order valence-electron chi connectivity index (χ4n) is 3.49. The molecule has 2 heterocycles. The highest BCUT2D eigenvalue weighted by Crippen LogP contribution is 2.30. The second-order valence-electron chi connectivity index (χ2n) is 8.45. The fourth-order valence-corrected chi connectivity index (χ4v) is 3.49. The summed E-state index contributed by atoms with van der Waals surface area (Å²) in [5.41, 5.74) is 1.78. The predicted octanol–water partition coefficient (Wildman–Crippen LogP) is 4.49. The molecular formula is C22H29F3N4O2. The van der Waals surface area contributed by atoms with E-state index in [1.165, 1.54) is 12.1 Å². The number of halogens is 3. The molecule has 1 aliphatic rings. The van der Waals surface area contributed by atoms with Crippen LogP contribution in [0.1, 0.15) is 50.6 Å². The van der Waals surface area contributed by atoms with Crippen molar-refractivity contribution in [3.63, 3.8) is 0 Å². The molecule has 1 aromatic heterocycles. The van der Waals surface area contributed by atoms with Crippen molar-refractivity contribution < 1.29 is 23.0 Å². The quantitative estimate of drug-likeness (QED) is 0.664. The van der Waals surface area contributed by atoms with Crippen molar-refractivity contribution in [2.45, 2.75) is 59.0 Å². The van der Waals surface area contributed by atoms with E-state index in [-0.39, 0.29) is 30.2 Å². The van der Waals surface area contributed by atoms with Gasteiger partial charge in [0, 0.05) is 25.1 Å². The first-order valence-electron chi connectivity index (χ1n) is 10.4. The molecule has 0 radical (unpaired) electrons. The first-order valence-corrected chi connectivity index (χ1v) is 10.4. The van der Waals surface area contributed by atoms with Crippen molar-refractivity contribution in [2.75, 3.05) is 23.4 Å². The van der Waals surface area contributed by atoms with Gasteiger partial charge in [0.25, 0.3) is 0 Å². The van der Waals surface area contributed by atoms with Crippen LogP contribution in [0.15, 0.2) is 24.3 Å². The lowest BCUT2D eigenvalue weighted by Crippen LogP contribution is -2.33. The normalized spacial score (nSPS) is 15.2. The molecule has 1 aliphatic heterocycles. The van der Waals surface area contributed by atoms with Crippen LogP contribution in [0, 0.1) is 5.92 Å². The van der Waals surface area contributed by atoms with Gasteiger partial charge in [-0.1, -0.05) is 33.8 Å². The number of aliphatic hydroxyl groups is 1. The zero-order valence-electron chi connectivity index (χ0n) is 18.2. The lowest BCUT2D eigenvalue weighted by molar-refractivity contribution is -0.274. The average molecular weight is 438 g/mol. The van der Waals surface area contributed by atoms with Gasteiger partial charge in [0.15, 0.2) is 0 Å². The molecule has 0 saturated carbocycles. The summed E-state index contributed by atoms with van der Waals surface area (Å²) in [5.74, 6) is 2.08. The number of aliphatic hydroxyl groups excluding tert-OH is 1. The number of hydrogen-bond acceptors (Lipinski definition) is 6. The summed E-state index contributed by atoms with van der Waals surface area (Å²) in [6.07, 6.45) is -4.03. The number of nitrogens with zero attached hydrogens (tertiary/aromatic N) is 3. The molecule has 0 saturated heterocycles. The lowest BCUT2D eigenvalue weighted by atomic mass is 9.99. The zero-order chi connectivity index (χ0) is 22.8. The number of anilines is 2. The molecule has 0 unspecified atom stereocenters. The van der Waals surface area contributed by atoms with Crippen LogP contribution < -0.4 is 15.0 Å². The number of ether oxygens (including phenoxy) is 1. The Morgan fingerprint density at radius 1 is 1.13 bits per heavy atom. The third-order valence-corrected chi connectivity index (χ3v) is 5.33. The number of alkyl halides is 3. The summed E-state index contributed by atoms with van der Waals surface area (Å²) in [7, 11) is 0. The van der Waals surface area contributed by atoms with E-state index in [1.54, 1.807) is 6.07 Å². The third kappa shape index (κ3) is 6.00. The summed E-state index contributed by atoms with van der Waals surface area (Å²) in [6, 6.07) is 6.17. The number of rotatable bonds is 7. The van der Waals surface area contributed by atoms with Crippen LogP contribution in [0.4, 0.5) is 24.8 Å². The lowest BCUT2D eigenvalue weighted by Gasteiger charge is -2.31. The predicted molar refractivity (Wildman–Crippen MR) is 113 cm³/mol. The van der Waals surface area contributed by atoms with E-state index in [4.69, 9.17) is 4.98 Å². The third-order valence-electron chi connectivity index (χ3n) is 5.33. The van der Waals surface area contributed by atoms with Crippen molar-refractivity contribution in [1.29, 1.82) is 0 Å². The summed E-state index contributed by atoms with van der Waals surface area (Å²) < 4.78 is 41.9. The zero-order valence-corrected chi connectivity index (χ0v) is 18.2. The minimum Gasteiger partial charge on any atom is -0.406 e. The van der Waals surface area contributed by atoms with Crippen LogP contribution in [0.25, 0.3) is 0 Å². The van der Waals surface area contributed by atoms with Gasteiger partial charge in [-0.3, -0.25) is 0 Å². The Bertz CT molecular complexity index is 903. The van der Waals surface area contributed by atoms with Crippen molar-refractivity contribution in [3.05, 3.63) is 41.2 Å². The monoisotopic (exact) mass is 438 g/mol. The first-order chi connectivity index (χ1) is 14.6. The van der Waals surface area contributed by atoms with Gasteiger partial charge in [0.2, 0.25) is 0 Å². The number of benzene rings is 1. The fraction of sp³-hybridized carbons (Fsp3) is 0.545. The Morgan fingerprint density at radius 3 is 2.48 bits per heavy atom. The molecule has 1 atom stereocenters. The highest BCUT2D eigenvalue weighted by Gasteiger charge is 2.31. The van der Waals surface area contributed by atoms with Crippen LogP contribution in [0.2, 0.25) is 0 Å². The van der Waals surface area contributed by atoms with Crippen LogP contribution in [-0.2, 0) is 13.0 Å². The maximum Gasteiger partial charge on any atom is 0.573 e. The van der Waals surface area contributed by atoms with Crippen LogP contribution >= 0.6 is 0 Å². The molecule has 0 bridgehead atoms. The SMILES string of the molecule is CC(C)c1nc(N[C@@H](CO)C(C)C)cc(N2CCc3ccc(OC(F)(F)F)cc3C2)n1. The topological polar surface area (TPSA) is 70.5 Å². The maximum atomic E-state index is 12.6. The summed E-state index contributed by atoms with van der Waals surface area (Å²) in [5, 5.41) is 12.9. The number of hydrogen-bond donors (Lipinski definition) is 2. The van der Waals surface area contributed by atoms with Crippen LogP contribution in [-0.4, -0.2) is 40.6 Å². The summed E-state index contributed by atoms with van der Waals surface area (Å²) >= 11 is 0. The first kappa shape index (κ1) is 23.1. The van der Waals surface area contributed by atoms with E-state index >= 15 is 0 Å². The highest BCUT2D eigenvalue weighted by molar-refractivity contribution is 5.53.